The number of aromatic nitrogens is 1. The Morgan fingerprint density at radius 1 is 1.24 bits per heavy atom. The molecule has 1 aromatic heterocycles. The second-order valence-electron chi connectivity index (χ2n) is 5.89. The Morgan fingerprint density at radius 3 is 2.68 bits per heavy atom. The second-order valence-corrected chi connectivity index (χ2v) is 6.98. The van der Waals surface area contributed by atoms with Crippen LogP contribution in [-0.4, -0.2) is 33.8 Å². The van der Waals surface area contributed by atoms with Crippen LogP contribution in [0.5, 0.6) is 0 Å². The molecule has 0 fully saturated rings. The maximum Gasteiger partial charge on any atom is 0.353 e. The summed E-state index contributed by atoms with van der Waals surface area (Å²) in [6, 6.07) is 15.6. The summed E-state index contributed by atoms with van der Waals surface area (Å²) in [5.74, 6) is -0.969. The van der Waals surface area contributed by atoms with Crippen LogP contribution in [0.3, 0.4) is 0 Å². The number of carbonyl (C=O) groups is 1. The first-order valence-corrected chi connectivity index (χ1v) is 8.85. The van der Waals surface area contributed by atoms with Crippen LogP contribution in [0.1, 0.15) is 23.0 Å². The predicted molar refractivity (Wildman–Crippen MR) is 99.2 cm³/mol. The van der Waals surface area contributed by atoms with Gasteiger partial charge in [0, 0.05) is 28.4 Å². The van der Waals surface area contributed by atoms with Crippen LogP contribution < -0.4 is 5.32 Å². The van der Waals surface area contributed by atoms with Gasteiger partial charge in [-0.25, -0.2) is 4.79 Å². The molecule has 2 aromatic carbocycles. The summed E-state index contributed by atoms with van der Waals surface area (Å²) in [5, 5.41) is 22.8. The molecule has 130 valence electrons. The fourth-order valence-electron chi connectivity index (χ4n) is 2.54. The zero-order valence-corrected chi connectivity index (χ0v) is 14.6. The van der Waals surface area contributed by atoms with E-state index in [2.05, 4.69) is 10.3 Å². The molecule has 3 aromatic rings. The number of hydrogen-bond donors (Lipinski definition) is 4. The lowest BCUT2D eigenvalue weighted by Crippen LogP contribution is -2.28. The fourth-order valence-corrected chi connectivity index (χ4v) is 3.59. The molecule has 0 aliphatic carbocycles. The van der Waals surface area contributed by atoms with E-state index in [4.69, 9.17) is 5.11 Å². The van der Waals surface area contributed by atoms with Crippen molar-refractivity contribution in [1.29, 1.82) is 0 Å². The molecule has 0 aliphatic rings. The number of aromatic carboxylic acids is 1. The SMILES string of the molecule is CC(CO)NCc1ccc2[nH]c(C(=O)O)c(Sc3ccccc3)c2c1. The molecule has 5 nitrogen and oxygen atoms in total. The molecule has 0 spiro atoms. The lowest BCUT2D eigenvalue weighted by Gasteiger charge is -2.10. The minimum atomic E-state index is -0.969. The van der Waals surface area contributed by atoms with E-state index in [1.165, 1.54) is 11.8 Å². The summed E-state index contributed by atoms with van der Waals surface area (Å²) < 4.78 is 0. The van der Waals surface area contributed by atoms with E-state index < -0.39 is 5.97 Å². The molecule has 0 saturated carbocycles. The number of nitrogens with one attached hydrogen (secondary N) is 2. The van der Waals surface area contributed by atoms with E-state index in [1.807, 2.05) is 55.5 Å². The predicted octanol–water partition coefficient (Wildman–Crippen LogP) is 3.49. The molecule has 0 radical (unpaired) electrons. The van der Waals surface area contributed by atoms with Crippen LogP contribution in [-0.2, 0) is 6.54 Å². The minimum Gasteiger partial charge on any atom is -0.477 e. The van der Waals surface area contributed by atoms with Crippen molar-refractivity contribution in [2.75, 3.05) is 6.61 Å². The van der Waals surface area contributed by atoms with Gasteiger partial charge in [-0.2, -0.15) is 0 Å². The van der Waals surface area contributed by atoms with Crippen molar-refractivity contribution in [2.24, 2.45) is 0 Å². The van der Waals surface area contributed by atoms with E-state index in [0.717, 1.165) is 21.4 Å². The number of aromatic amines is 1. The van der Waals surface area contributed by atoms with Crippen molar-refractivity contribution >= 4 is 28.6 Å². The lowest BCUT2D eigenvalue weighted by atomic mass is 10.1. The monoisotopic (exact) mass is 356 g/mol. The number of aliphatic hydroxyl groups is 1. The van der Waals surface area contributed by atoms with Gasteiger partial charge in [-0.1, -0.05) is 36.0 Å². The van der Waals surface area contributed by atoms with E-state index in [9.17, 15) is 9.90 Å². The highest BCUT2D eigenvalue weighted by Gasteiger charge is 2.18. The van der Waals surface area contributed by atoms with Gasteiger partial charge in [-0.15, -0.1) is 0 Å². The molecule has 4 N–H and O–H groups in total. The number of fused-ring (bicyclic) bond motifs is 1. The molecule has 0 bridgehead atoms. The third-order valence-electron chi connectivity index (χ3n) is 3.92. The van der Waals surface area contributed by atoms with Crippen LogP contribution in [0, 0.1) is 0 Å². The molecule has 25 heavy (non-hydrogen) atoms. The third-order valence-corrected chi connectivity index (χ3v) is 5.06. The third kappa shape index (κ3) is 4.04. The Labute approximate surface area is 150 Å². The number of aliphatic hydroxyl groups excluding tert-OH is 1. The molecular weight excluding hydrogens is 336 g/mol. The van der Waals surface area contributed by atoms with Crippen molar-refractivity contribution < 1.29 is 15.0 Å². The van der Waals surface area contributed by atoms with Crippen molar-refractivity contribution in [3.05, 3.63) is 59.8 Å². The summed E-state index contributed by atoms with van der Waals surface area (Å²) in [6.07, 6.45) is 0. The number of carboxylic acids is 1. The Kier molecular flexibility index (Phi) is 5.43. The van der Waals surface area contributed by atoms with Gasteiger partial charge < -0.3 is 20.5 Å². The van der Waals surface area contributed by atoms with Crippen molar-refractivity contribution in [1.82, 2.24) is 10.3 Å². The first-order chi connectivity index (χ1) is 12.1. The van der Waals surface area contributed by atoms with Crippen LogP contribution in [0.4, 0.5) is 0 Å². The van der Waals surface area contributed by atoms with Gasteiger partial charge in [0.2, 0.25) is 0 Å². The van der Waals surface area contributed by atoms with Gasteiger partial charge in [0.05, 0.1) is 11.5 Å². The average Bonchev–Trinajstić information content (AvgIpc) is 2.98. The topological polar surface area (TPSA) is 85.4 Å². The van der Waals surface area contributed by atoms with Gasteiger partial charge in [0.15, 0.2) is 0 Å². The standard InChI is InChI=1S/C19H20N2O3S/c1-12(11-22)20-10-13-7-8-16-15(9-13)18(17(21-16)19(23)24)25-14-5-3-2-4-6-14/h2-9,12,20-22H,10-11H2,1H3,(H,23,24). The van der Waals surface area contributed by atoms with Crippen molar-refractivity contribution in [3.63, 3.8) is 0 Å². The number of rotatable bonds is 7. The van der Waals surface area contributed by atoms with Crippen molar-refractivity contribution in [2.45, 2.75) is 29.3 Å². The molecule has 1 atom stereocenters. The smallest absolute Gasteiger partial charge is 0.353 e. The fraction of sp³-hybridized carbons (Fsp3) is 0.211. The summed E-state index contributed by atoms with van der Waals surface area (Å²) in [5.41, 5.74) is 2.05. The van der Waals surface area contributed by atoms with Gasteiger partial charge in [-0.05, 0) is 36.8 Å². The highest BCUT2D eigenvalue weighted by Crippen LogP contribution is 2.37. The number of carboxylic acid groups (broad SMARTS) is 1. The quantitative estimate of drug-likeness (QED) is 0.521. The largest absolute Gasteiger partial charge is 0.477 e. The summed E-state index contributed by atoms with van der Waals surface area (Å²) >= 11 is 1.44. The van der Waals surface area contributed by atoms with Gasteiger partial charge >= 0.3 is 5.97 Å². The van der Waals surface area contributed by atoms with Gasteiger partial charge in [-0.3, -0.25) is 0 Å². The highest BCUT2D eigenvalue weighted by atomic mass is 32.2. The number of hydrogen-bond acceptors (Lipinski definition) is 4. The van der Waals surface area contributed by atoms with Crippen molar-refractivity contribution in [3.8, 4) is 0 Å². The zero-order chi connectivity index (χ0) is 17.8. The van der Waals surface area contributed by atoms with Crippen LogP contribution in [0.15, 0.2) is 58.3 Å². The minimum absolute atomic E-state index is 0.00895. The average molecular weight is 356 g/mol. The Morgan fingerprint density at radius 2 is 2.00 bits per heavy atom. The summed E-state index contributed by atoms with van der Waals surface area (Å²) in [4.78, 5) is 16.3. The van der Waals surface area contributed by atoms with Crippen LogP contribution in [0.2, 0.25) is 0 Å². The first kappa shape index (κ1) is 17.5. The summed E-state index contributed by atoms with van der Waals surface area (Å²) in [7, 11) is 0. The van der Waals surface area contributed by atoms with Gasteiger partial charge in [0.25, 0.3) is 0 Å². The maximum absolute atomic E-state index is 11.6. The molecule has 6 heteroatoms. The molecule has 0 amide bonds. The Balaban J connectivity index is 1.99. The van der Waals surface area contributed by atoms with E-state index >= 15 is 0 Å². The molecular formula is C19H20N2O3S. The molecule has 1 unspecified atom stereocenters. The van der Waals surface area contributed by atoms with Crippen LogP contribution in [0.25, 0.3) is 10.9 Å². The molecule has 1 heterocycles. The van der Waals surface area contributed by atoms with E-state index in [0.29, 0.717) is 11.4 Å². The zero-order valence-electron chi connectivity index (χ0n) is 13.8. The van der Waals surface area contributed by atoms with E-state index in [-0.39, 0.29) is 18.3 Å². The van der Waals surface area contributed by atoms with E-state index in [1.54, 1.807) is 0 Å². The first-order valence-electron chi connectivity index (χ1n) is 8.03. The summed E-state index contributed by atoms with van der Waals surface area (Å²) in [6.45, 7) is 2.60. The molecule has 3 rings (SSSR count). The maximum atomic E-state index is 11.6. The molecule has 0 saturated heterocycles. The second kappa shape index (κ2) is 7.74. The number of benzene rings is 2. The Bertz CT molecular complexity index is 877. The normalized spacial score (nSPS) is 12.4. The molecule has 0 aliphatic heterocycles. The van der Waals surface area contributed by atoms with Crippen LogP contribution >= 0.6 is 11.8 Å². The Hall–Kier alpha value is -2.28. The van der Waals surface area contributed by atoms with Gasteiger partial charge in [0.1, 0.15) is 5.69 Å². The number of H-pyrrole nitrogens is 1. The highest BCUT2D eigenvalue weighted by molar-refractivity contribution is 7.99. The lowest BCUT2D eigenvalue weighted by molar-refractivity contribution is 0.0688.